The van der Waals surface area contributed by atoms with E-state index in [1.165, 1.54) is 0 Å². The zero-order valence-corrected chi connectivity index (χ0v) is 15.2. The normalized spacial score (nSPS) is 19.7. The minimum atomic E-state index is -0.0755. The average molecular weight is 400 g/mol. The summed E-state index contributed by atoms with van der Waals surface area (Å²) in [5, 5.41) is 12.0. The van der Waals surface area contributed by atoms with Gasteiger partial charge in [-0.05, 0) is 71.9 Å². The molecule has 0 saturated heterocycles. The molecule has 6 heteroatoms. The summed E-state index contributed by atoms with van der Waals surface area (Å²) in [6.07, 6.45) is 6.90. The lowest BCUT2D eigenvalue weighted by molar-refractivity contribution is 0.0893. The summed E-state index contributed by atoms with van der Waals surface area (Å²) >= 11 is 3.38. The third-order valence-electron chi connectivity index (χ3n) is 4.30. The van der Waals surface area contributed by atoms with E-state index in [0.29, 0.717) is 11.1 Å². The van der Waals surface area contributed by atoms with Crippen LogP contribution in [0.3, 0.4) is 0 Å². The number of halogens is 1. The Labute approximate surface area is 155 Å². The van der Waals surface area contributed by atoms with Crippen LogP contribution in [0, 0.1) is 11.3 Å². The van der Waals surface area contributed by atoms with Crippen molar-refractivity contribution in [2.24, 2.45) is 0 Å². The topological polar surface area (TPSA) is 75.0 Å². The first-order valence-corrected chi connectivity index (χ1v) is 9.02. The van der Waals surface area contributed by atoms with Gasteiger partial charge >= 0.3 is 0 Å². The Morgan fingerprint density at radius 3 is 2.72 bits per heavy atom. The highest BCUT2D eigenvalue weighted by Gasteiger charge is 2.24. The average Bonchev–Trinajstić information content (AvgIpc) is 2.64. The number of rotatable bonds is 4. The largest absolute Gasteiger partial charge is 0.490 e. The van der Waals surface area contributed by atoms with E-state index in [0.717, 1.165) is 35.9 Å². The standard InChI is InChI=1S/C19H18BrN3O2/c20-18-10-17(6-3-13(18)11-21)25-16-7-4-15(5-8-16)23-19(24)14-2-1-9-22-12-14/h1-3,6,9-10,12,15-16H,4-5,7-8H2,(H,23,24). The van der Waals surface area contributed by atoms with Crippen LogP contribution in [0.15, 0.2) is 47.2 Å². The van der Waals surface area contributed by atoms with E-state index >= 15 is 0 Å². The molecule has 3 rings (SSSR count). The number of hydrogen-bond acceptors (Lipinski definition) is 4. The number of hydrogen-bond donors (Lipinski definition) is 1. The number of ether oxygens (including phenoxy) is 1. The van der Waals surface area contributed by atoms with Gasteiger partial charge in [-0.25, -0.2) is 0 Å². The number of benzene rings is 1. The molecule has 0 aliphatic heterocycles. The van der Waals surface area contributed by atoms with Gasteiger partial charge in [0.05, 0.1) is 17.2 Å². The van der Waals surface area contributed by atoms with Crippen molar-refractivity contribution in [1.29, 1.82) is 5.26 Å². The Morgan fingerprint density at radius 2 is 2.08 bits per heavy atom. The monoisotopic (exact) mass is 399 g/mol. The zero-order chi connectivity index (χ0) is 17.6. The number of amides is 1. The Bertz CT molecular complexity index is 781. The third kappa shape index (κ3) is 4.58. The minimum Gasteiger partial charge on any atom is -0.490 e. The van der Waals surface area contributed by atoms with Crippen LogP contribution in [-0.4, -0.2) is 23.0 Å². The van der Waals surface area contributed by atoms with Crippen LogP contribution < -0.4 is 10.1 Å². The summed E-state index contributed by atoms with van der Waals surface area (Å²) in [4.78, 5) is 16.1. The predicted molar refractivity (Wildman–Crippen MR) is 97.2 cm³/mol. The second-order valence-corrected chi connectivity index (χ2v) is 6.91. The molecule has 2 aromatic rings. The van der Waals surface area contributed by atoms with Gasteiger partial charge < -0.3 is 10.1 Å². The highest BCUT2D eigenvalue weighted by molar-refractivity contribution is 9.10. The molecule has 1 aliphatic carbocycles. The molecular weight excluding hydrogens is 382 g/mol. The van der Waals surface area contributed by atoms with Crippen LogP contribution in [-0.2, 0) is 0 Å². The van der Waals surface area contributed by atoms with E-state index < -0.39 is 0 Å². The number of pyridine rings is 1. The fourth-order valence-electron chi connectivity index (χ4n) is 2.94. The molecule has 1 saturated carbocycles. The van der Waals surface area contributed by atoms with Crippen molar-refractivity contribution in [1.82, 2.24) is 10.3 Å². The van der Waals surface area contributed by atoms with Gasteiger partial charge in [-0.2, -0.15) is 5.26 Å². The first-order valence-electron chi connectivity index (χ1n) is 8.23. The van der Waals surface area contributed by atoms with Crippen LogP contribution in [0.2, 0.25) is 0 Å². The van der Waals surface area contributed by atoms with Crippen molar-refractivity contribution in [2.45, 2.75) is 37.8 Å². The van der Waals surface area contributed by atoms with Crippen LogP contribution in [0.1, 0.15) is 41.6 Å². The number of carbonyl (C=O) groups excluding carboxylic acids is 1. The van der Waals surface area contributed by atoms with Crippen molar-refractivity contribution < 1.29 is 9.53 Å². The number of nitrogens with zero attached hydrogens (tertiary/aromatic N) is 2. The number of nitrogens with one attached hydrogen (secondary N) is 1. The lowest BCUT2D eigenvalue weighted by Gasteiger charge is -2.29. The molecule has 25 heavy (non-hydrogen) atoms. The van der Waals surface area contributed by atoms with E-state index in [1.807, 2.05) is 12.1 Å². The molecule has 1 aliphatic rings. The molecule has 0 spiro atoms. The van der Waals surface area contributed by atoms with Crippen molar-refractivity contribution in [3.63, 3.8) is 0 Å². The van der Waals surface area contributed by atoms with Crippen LogP contribution >= 0.6 is 15.9 Å². The molecule has 1 N–H and O–H groups in total. The summed E-state index contributed by atoms with van der Waals surface area (Å²) < 4.78 is 6.75. The Balaban J connectivity index is 1.50. The third-order valence-corrected chi connectivity index (χ3v) is 4.95. The van der Waals surface area contributed by atoms with Gasteiger partial charge in [0.1, 0.15) is 11.8 Å². The van der Waals surface area contributed by atoms with Gasteiger partial charge in [-0.3, -0.25) is 9.78 Å². The summed E-state index contributed by atoms with van der Waals surface area (Å²) in [6.45, 7) is 0. The summed E-state index contributed by atoms with van der Waals surface area (Å²) in [5.41, 5.74) is 1.18. The second-order valence-electron chi connectivity index (χ2n) is 6.06. The number of nitriles is 1. The quantitative estimate of drug-likeness (QED) is 0.847. The van der Waals surface area contributed by atoms with E-state index in [4.69, 9.17) is 10.00 Å². The molecule has 1 aromatic heterocycles. The maximum atomic E-state index is 12.2. The molecule has 1 amide bonds. The van der Waals surface area contributed by atoms with Gasteiger partial charge in [-0.15, -0.1) is 0 Å². The van der Waals surface area contributed by atoms with Crippen molar-refractivity contribution in [3.05, 3.63) is 58.3 Å². The Hall–Kier alpha value is -2.39. The van der Waals surface area contributed by atoms with Crippen molar-refractivity contribution in [2.75, 3.05) is 0 Å². The molecule has 0 atom stereocenters. The van der Waals surface area contributed by atoms with E-state index in [1.54, 1.807) is 30.6 Å². The summed E-state index contributed by atoms with van der Waals surface area (Å²) in [5.74, 6) is 0.683. The highest BCUT2D eigenvalue weighted by atomic mass is 79.9. The van der Waals surface area contributed by atoms with Crippen LogP contribution in [0.5, 0.6) is 5.75 Å². The molecular formula is C19H18BrN3O2. The summed E-state index contributed by atoms with van der Waals surface area (Å²) in [7, 11) is 0. The fourth-order valence-corrected chi connectivity index (χ4v) is 3.39. The fraction of sp³-hybridized carbons (Fsp3) is 0.316. The van der Waals surface area contributed by atoms with E-state index in [-0.39, 0.29) is 18.1 Å². The lowest BCUT2D eigenvalue weighted by atomic mass is 9.92. The maximum absolute atomic E-state index is 12.2. The van der Waals surface area contributed by atoms with Gasteiger partial charge in [0.25, 0.3) is 5.91 Å². The van der Waals surface area contributed by atoms with Crippen molar-refractivity contribution >= 4 is 21.8 Å². The smallest absolute Gasteiger partial charge is 0.253 e. The molecule has 0 unspecified atom stereocenters. The number of aromatic nitrogens is 1. The highest BCUT2D eigenvalue weighted by Crippen LogP contribution is 2.27. The Kier molecular flexibility index (Phi) is 5.67. The van der Waals surface area contributed by atoms with Crippen molar-refractivity contribution in [3.8, 4) is 11.8 Å². The Morgan fingerprint density at radius 1 is 1.28 bits per heavy atom. The molecule has 5 nitrogen and oxygen atoms in total. The first-order chi connectivity index (χ1) is 12.2. The van der Waals surface area contributed by atoms with Gasteiger partial charge in [0.15, 0.2) is 0 Å². The minimum absolute atomic E-state index is 0.0755. The number of carbonyl (C=O) groups is 1. The molecule has 1 fully saturated rings. The maximum Gasteiger partial charge on any atom is 0.253 e. The zero-order valence-electron chi connectivity index (χ0n) is 13.6. The van der Waals surface area contributed by atoms with Gasteiger partial charge in [0, 0.05) is 22.9 Å². The summed E-state index contributed by atoms with van der Waals surface area (Å²) in [6, 6.07) is 11.2. The second kappa shape index (κ2) is 8.13. The first kappa shape index (κ1) is 17.4. The molecule has 0 bridgehead atoms. The van der Waals surface area contributed by atoms with Gasteiger partial charge in [0.2, 0.25) is 0 Å². The molecule has 0 radical (unpaired) electrons. The molecule has 1 heterocycles. The molecule has 128 valence electrons. The molecule has 1 aromatic carbocycles. The van der Waals surface area contributed by atoms with Crippen LogP contribution in [0.25, 0.3) is 0 Å². The lowest BCUT2D eigenvalue weighted by Crippen LogP contribution is -2.39. The SMILES string of the molecule is N#Cc1ccc(OC2CCC(NC(=O)c3cccnc3)CC2)cc1Br. The van der Waals surface area contributed by atoms with Crippen LogP contribution in [0.4, 0.5) is 0 Å². The van der Waals surface area contributed by atoms with Gasteiger partial charge in [-0.1, -0.05) is 0 Å². The predicted octanol–water partition coefficient (Wildman–Crippen LogP) is 3.84. The van der Waals surface area contributed by atoms with E-state index in [2.05, 4.69) is 32.3 Å². The van der Waals surface area contributed by atoms with E-state index in [9.17, 15) is 4.79 Å².